The van der Waals surface area contributed by atoms with Gasteiger partial charge in [-0.2, -0.15) is 9.61 Å². The van der Waals surface area contributed by atoms with Crippen LogP contribution in [0.5, 0.6) is 0 Å². The molecule has 11 heteroatoms. The third-order valence-corrected chi connectivity index (χ3v) is 6.05. The predicted molar refractivity (Wildman–Crippen MR) is 115 cm³/mol. The number of ether oxygens (including phenoxy) is 1. The summed E-state index contributed by atoms with van der Waals surface area (Å²) in [7, 11) is 0. The van der Waals surface area contributed by atoms with Crippen LogP contribution in [0.1, 0.15) is 47.9 Å². The molecule has 2 amide bonds. The maximum absolute atomic E-state index is 13.3. The molecule has 3 aromatic heterocycles. The van der Waals surface area contributed by atoms with Crippen molar-refractivity contribution in [2.45, 2.75) is 45.3 Å². The van der Waals surface area contributed by atoms with Crippen molar-refractivity contribution in [3.05, 3.63) is 57.5 Å². The molecule has 1 saturated heterocycles. The van der Waals surface area contributed by atoms with Crippen LogP contribution >= 0.6 is 0 Å². The van der Waals surface area contributed by atoms with Gasteiger partial charge in [0.1, 0.15) is 29.5 Å². The molecule has 2 aliphatic rings. The summed E-state index contributed by atoms with van der Waals surface area (Å²) in [5.74, 6) is -1.06. The first-order chi connectivity index (χ1) is 15.8. The van der Waals surface area contributed by atoms with Gasteiger partial charge >= 0.3 is 0 Å². The molecule has 1 N–H and O–H groups in total. The third-order valence-electron chi connectivity index (χ3n) is 6.05. The number of fused-ring (bicyclic) bond motifs is 2. The Morgan fingerprint density at radius 3 is 2.82 bits per heavy atom. The first kappa shape index (κ1) is 21.3. The zero-order valence-electron chi connectivity index (χ0n) is 18.2. The molecule has 3 aromatic rings. The topological polar surface area (TPSA) is 111 Å². The third kappa shape index (κ3) is 3.67. The Balaban J connectivity index is 1.59. The average molecular weight is 454 g/mol. The summed E-state index contributed by atoms with van der Waals surface area (Å²) in [5.41, 5.74) is 1.19. The first-order valence-corrected chi connectivity index (χ1v) is 10.8. The summed E-state index contributed by atoms with van der Waals surface area (Å²) in [6, 6.07) is 4.17. The van der Waals surface area contributed by atoms with Crippen molar-refractivity contribution < 1.29 is 18.7 Å². The van der Waals surface area contributed by atoms with Gasteiger partial charge in [0, 0.05) is 24.6 Å². The maximum atomic E-state index is 13.3. The predicted octanol–water partition coefficient (Wildman–Crippen LogP) is 1.54. The smallest absolute Gasteiger partial charge is 0.280 e. The number of amides is 2. The monoisotopic (exact) mass is 454 g/mol. The molecule has 0 spiro atoms. The summed E-state index contributed by atoms with van der Waals surface area (Å²) in [5, 5.41) is 7.12. The van der Waals surface area contributed by atoms with Crippen LogP contribution in [0, 0.1) is 5.82 Å². The number of hydrogen-bond acceptors (Lipinski definition) is 6. The highest BCUT2D eigenvalue weighted by atomic mass is 19.1. The lowest BCUT2D eigenvalue weighted by Gasteiger charge is -2.20. The quantitative estimate of drug-likeness (QED) is 0.626. The Hall–Kier alpha value is -3.60. The van der Waals surface area contributed by atoms with Gasteiger partial charge in [-0.1, -0.05) is 0 Å². The van der Waals surface area contributed by atoms with Crippen LogP contribution < -0.4 is 10.9 Å². The molecule has 0 aromatic carbocycles. The van der Waals surface area contributed by atoms with Crippen LogP contribution in [0.4, 0.5) is 10.2 Å². The fourth-order valence-electron chi connectivity index (χ4n) is 4.32. The standard InChI is InChI=1S/C22H23FN6O4/c1-12(2)27-9-15-20(22(27)32)28(10-18(30)25-17-4-3-14(23)8-24-17)19-7-16(13-5-6-33-11-13)26-29(19)21(15)31/h3-4,7-8,12-13H,5-6,9-11H2,1-2H3,(H,24,25,30)/t13-/m1/s1. The number of nitrogens with one attached hydrogen (secondary N) is 1. The van der Waals surface area contributed by atoms with E-state index in [1.54, 1.807) is 11.0 Å². The van der Waals surface area contributed by atoms with Gasteiger partial charge in [0.05, 0.1) is 30.6 Å². The number of hydrogen-bond donors (Lipinski definition) is 1. The van der Waals surface area contributed by atoms with Gasteiger partial charge < -0.3 is 19.5 Å². The molecule has 33 heavy (non-hydrogen) atoms. The zero-order chi connectivity index (χ0) is 23.3. The number of aromatic nitrogens is 4. The van der Waals surface area contributed by atoms with E-state index in [1.807, 2.05) is 13.8 Å². The molecule has 5 rings (SSSR count). The average Bonchev–Trinajstić information content (AvgIpc) is 3.51. The summed E-state index contributed by atoms with van der Waals surface area (Å²) >= 11 is 0. The van der Waals surface area contributed by atoms with Crippen molar-refractivity contribution in [3.63, 3.8) is 0 Å². The maximum Gasteiger partial charge on any atom is 0.280 e. The van der Waals surface area contributed by atoms with Crippen LogP contribution in [0.3, 0.4) is 0 Å². The summed E-state index contributed by atoms with van der Waals surface area (Å²) in [4.78, 5) is 44.8. The Bertz CT molecular complexity index is 1310. The molecule has 0 aliphatic carbocycles. The van der Waals surface area contributed by atoms with Crippen molar-refractivity contribution in [2.75, 3.05) is 18.5 Å². The highest BCUT2D eigenvalue weighted by Crippen LogP contribution is 2.28. The lowest BCUT2D eigenvalue weighted by atomic mass is 10.1. The Morgan fingerprint density at radius 1 is 1.33 bits per heavy atom. The minimum Gasteiger partial charge on any atom is -0.381 e. The van der Waals surface area contributed by atoms with Crippen LogP contribution in [-0.2, 0) is 22.6 Å². The second kappa shape index (κ2) is 8.07. The van der Waals surface area contributed by atoms with E-state index in [1.165, 1.54) is 21.2 Å². The van der Waals surface area contributed by atoms with Crippen molar-refractivity contribution >= 4 is 23.3 Å². The normalized spacial score (nSPS) is 17.9. The van der Waals surface area contributed by atoms with E-state index in [-0.39, 0.29) is 48.0 Å². The van der Waals surface area contributed by atoms with E-state index < -0.39 is 11.7 Å². The molecule has 10 nitrogen and oxygen atoms in total. The number of pyridine rings is 1. The first-order valence-electron chi connectivity index (χ1n) is 10.8. The SMILES string of the molecule is CC(C)N1Cc2c(n(CC(=O)Nc3ccc(F)cn3)c3cc([C@@H]4CCOC4)nn3c2=O)C1=O. The van der Waals surface area contributed by atoms with Crippen LogP contribution in [0.2, 0.25) is 0 Å². The molecule has 1 atom stereocenters. The fourth-order valence-corrected chi connectivity index (χ4v) is 4.32. The van der Waals surface area contributed by atoms with Gasteiger partial charge in [-0.05, 0) is 32.4 Å². The number of carbonyl (C=O) groups excluding carboxylic acids is 2. The molecule has 172 valence electrons. The second-order valence-corrected chi connectivity index (χ2v) is 8.55. The van der Waals surface area contributed by atoms with Gasteiger partial charge in [-0.3, -0.25) is 14.4 Å². The lowest BCUT2D eigenvalue weighted by Crippen LogP contribution is -2.32. The molecule has 0 unspecified atom stereocenters. The van der Waals surface area contributed by atoms with Gasteiger partial charge in [-0.25, -0.2) is 9.37 Å². The van der Waals surface area contributed by atoms with E-state index in [9.17, 15) is 18.8 Å². The van der Waals surface area contributed by atoms with Gasteiger partial charge in [0.2, 0.25) is 5.91 Å². The van der Waals surface area contributed by atoms with E-state index in [4.69, 9.17) is 4.74 Å². The van der Waals surface area contributed by atoms with Crippen LogP contribution in [0.25, 0.3) is 5.65 Å². The summed E-state index contributed by atoms with van der Waals surface area (Å²) in [6.07, 6.45) is 1.79. The molecule has 5 heterocycles. The van der Waals surface area contributed by atoms with E-state index in [0.717, 1.165) is 12.6 Å². The molecule has 1 fully saturated rings. The molecule has 2 aliphatic heterocycles. The van der Waals surface area contributed by atoms with E-state index >= 15 is 0 Å². The number of nitrogens with zero attached hydrogens (tertiary/aromatic N) is 5. The van der Waals surface area contributed by atoms with Crippen molar-refractivity contribution in [1.29, 1.82) is 0 Å². The van der Waals surface area contributed by atoms with E-state index in [2.05, 4.69) is 15.4 Å². The summed E-state index contributed by atoms with van der Waals surface area (Å²) < 4.78 is 21.4. The van der Waals surface area contributed by atoms with Crippen molar-refractivity contribution in [1.82, 2.24) is 24.1 Å². The fraction of sp³-hybridized carbons (Fsp3) is 0.409. The second-order valence-electron chi connectivity index (χ2n) is 8.55. The number of anilines is 1. The van der Waals surface area contributed by atoms with Gasteiger partial charge in [0.15, 0.2) is 0 Å². The largest absolute Gasteiger partial charge is 0.381 e. The number of rotatable bonds is 5. The molecule has 0 radical (unpaired) electrons. The summed E-state index contributed by atoms with van der Waals surface area (Å²) in [6.45, 7) is 4.78. The van der Waals surface area contributed by atoms with Crippen molar-refractivity contribution in [2.24, 2.45) is 0 Å². The Labute approximate surface area is 188 Å². The highest BCUT2D eigenvalue weighted by molar-refractivity contribution is 5.98. The Morgan fingerprint density at radius 2 is 2.15 bits per heavy atom. The van der Waals surface area contributed by atoms with Gasteiger partial charge in [-0.15, -0.1) is 0 Å². The number of carbonyl (C=O) groups is 2. The lowest BCUT2D eigenvalue weighted by molar-refractivity contribution is -0.116. The van der Waals surface area contributed by atoms with Crippen molar-refractivity contribution in [3.8, 4) is 0 Å². The minimum atomic E-state index is -0.519. The molecular weight excluding hydrogens is 431 g/mol. The highest BCUT2D eigenvalue weighted by Gasteiger charge is 2.36. The Kier molecular flexibility index (Phi) is 5.20. The zero-order valence-corrected chi connectivity index (χ0v) is 18.2. The van der Waals surface area contributed by atoms with Crippen LogP contribution in [-0.4, -0.2) is 55.1 Å². The molecule has 0 saturated carbocycles. The molecule has 0 bridgehead atoms. The van der Waals surface area contributed by atoms with E-state index in [0.29, 0.717) is 30.1 Å². The molecular formula is C22H23FN6O4. The van der Waals surface area contributed by atoms with Crippen LogP contribution in [0.15, 0.2) is 29.2 Å². The number of halogens is 1. The van der Waals surface area contributed by atoms with Gasteiger partial charge in [0.25, 0.3) is 11.5 Å². The minimum absolute atomic E-state index is 0.0488.